The lowest BCUT2D eigenvalue weighted by molar-refractivity contribution is 0.0852. The fourth-order valence-corrected chi connectivity index (χ4v) is 7.02. The third-order valence-corrected chi connectivity index (χ3v) is 9.39. The lowest BCUT2D eigenvalue weighted by Crippen LogP contribution is -2.45. The number of rotatable bonds is 8. The van der Waals surface area contributed by atoms with Gasteiger partial charge in [-0.1, -0.05) is 50.3 Å². The third-order valence-electron chi connectivity index (χ3n) is 9.39. The molecule has 2 fully saturated rings. The molecule has 2 aliphatic rings. The number of H-pyrrole nitrogens is 2. The molecule has 0 spiro atoms. The highest BCUT2D eigenvalue weighted by atomic mass is 16.5. The Morgan fingerprint density at radius 2 is 1.59 bits per heavy atom. The van der Waals surface area contributed by atoms with Crippen LogP contribution in [0.2, 0.25) is 0 Å². The van der Waals surface area contributed by atoms with Crippen LogP contribution >= 0.6 is 0 Å². The summed E-state index contributed by atoms with van der Waals surface area (Å²) in [6, 6.07) is 20.5. The first kappa shape index (κ1) is 26.2. The molecule has 212 valence electrons. The van der Waals surface area contributed by atoms with Gasteiger partial charge in [0.25, 0.3) is 0 Å². The van der Waals surface area contributed by atoms with Crippen molar-refractivity contribution in [3.8, 4) is 28.4 Å². The Kier molecular flexibility index (Phi) is 7.21. The average molecular weight is 549 g/mol. The van der Waals surface area contributed by atoms with Crippen LogP contribution in [0, 0.1) is 5.92 Å². The molecule has 2 atom stereocenters. The minimum atomic E-state index is 0.640. The van der Waals surface area contributed by atoms with Crippen LogP contribution in [0.15, 0.2) is 54.6 Å². The molecule has 3 heterocycles. The van der Waals surface area contributed by atoms with Crippen molar-refractivity contribution in [2.75, 3.05) is 13.2 Å². The third kappa shape index (κ3) is 5.47. The maximum Gasteiger partial charge on any atom is 0.181 e. The molecule has 0 bridgehead atoms. The Labute approximate surface area is 241 Å². The van der Waals surface area contributed by atoms with Crippen molar-refractivity contribution in [2.45, 2.75) is 77.3 Å². The maximum absolute atomic E-state index is 6.19. The number of nitrogens with one attached hydrogen (secondary N) is 2. The topological polar surface area (TPSA) is 82.7 Å². The molecule has 2 N–H and O–H groups in total. The number of likely N-dealkylation sites (tertiary alicyclic amines) is 1. The summed E-state index contributed by atoms with van der Waals surface area (Å²) in [4.78, 5) is 7.42. The molecule has 0 radical (unpaired) electrons. The SMILES string of the molecule is CC1CCCC(C)N1CCOc1ccc2cc(-c3n[nH]c4ccc(-c5n[nH]c(CC6CCCC6)n5)cc34)ccc2c1. The van der Waals surface area contributed by atoms with E-state index in [1.54, 1.807) is 0 Å². The first-order valence-electron chi connectivity index (χ1n) is 15.4. The predicted molar refractivity (Wildman–Crippen MR) is 165 cm³/mol. The number of piperidine rings is 1. The zero-order valence-corrected chi connectivity index (χ0v) is 24.2. The number of aromatic nitrogens is 5. The monoisotopic (exact) mass is 548 g/mol. The molecule has 7 nitrogen and oxygen atoms in total. The zero-order valence-electron chi connectivity index (χ0n) is 24.2. The molecule has 7 heteroatoms. The number of hydrogen-bond acceptors (Lipinski definition) is 5. The standard InChI is InChI=1S/C34H40N6O/c1-22-6-5-7-23(2)40(22)16-17-41-29-14-12-25-19-27(11-10-26(25)20-29)33-30-21-28(13-15-31(30)36-38-33)34-35-32(37-39-34)18-24-8-3-4-9-24/h10-15,19-24H,3-9,16-18H2,1-2H3,(H,36,38)(H,35,37,39). The highest BCUT2D eigenvalue weighted by Crippen LogP contribution is 2.33. The van der Waals surface area contributed by atoms with Crippen molar-refractivity contribution >= 4 is 21.7 Å². The molecule has 2 unspecified atom stereocenters. The molecule has 2 aromatic heterocycles. The first-order valence-corrected chi connectivity index (χ1v) is 15.4. The van der Waals surface area contributed by atoms with Gasteiger partial charge in [0, 0.05) is 41.6 Å². The lowest BCUT2D eigenvalue weighted by Gasteiger charge is -2.38. The van der Waals surface area contributed by atoms with Crippen LogP contribution in [0.5, 0.6) is 5.75 Å². The molecular weight excluding hydrogens is 508 g/mol. The molecule has 5 aromatic rings. The van der Waals surface area contributed by atoms with E-state index in [9.17, 15) is 0 Å². The highest BCUT2D eigenvalue weighted by Gasteiger charge is 2.24. The number of nitrogens with zero attached hydrogens (tertiary/aromatic N) is 4. The number of fused-ring (bicyclic) bond motifs is 2. The van der Waals surface area contributed by atoms with Crippen LogP contribution in [0.3, 0.4) is 0 Å². The van der Waals surface area contributed by atoms with Gasteiger partial charge in [-0.25, -0.2) is 4.98 Å². The van der Waals surface area contributed by atoms with E-state index in [0.717, 1.165) is 64.0 Å². The van der Waals surface area contributed by atoms with E-state index in [1.807, 2.05) is 0 Å². The van der Waals surface area contributed by atoms with Gasteiger partial charge in [0.1, 0.15) is 18.2 Å². The van der Waals surface area contributed by atoms with Gasteiger partial charge in [-0.3, -0.25) is 15.1 Å². The Morgan fingerprint density at radius 1 is 0.805 bits per heavy atom. The van der Waals surface area contributed by atoms with E-state index in [-0.39, 0.29) is 0 Å². The maximum atomic E-state index is 6.19. The second-order valence-electron chi connectivity index (χ2n) is 12.2. The van der Waals surface area contributed by atoms with Gasteiger partial charge in [-0.05, 0) is 79.8 Å². The zero-order chi connectivity index (χ0) is 27.8. The summed E-state index contributed by atoms with van der Waals surface area (Å²) < 4.78 is 6.19. The Bertz CT molecular complexity index is 1640. The quantitative estimate of drug-likeness (QED) is 0.209. The number of hydrogen-bond donors (Lipinski definition) is 2. The van der Waals surface area contributed by atoms with Crippen LogP contribution in [0.1, 0.15) is 64.6 Å². The van der Waals surface area contributed by atoms with Crippen molar-refractivity contribution in [1.29, 1.82) is 0 Å². The van der Waals surface area contributed by atoms with Crippen LogP contribution in [0.25, 0.3) is 44.3 Å². The van der Waals surface area contributed by atoms with Gasteiger partial charge >= 0.3 is 0 Å². The summed E-state index contributed by atoms with van der Waals surface area (Å²) >= 11 is 0. The fraction of sp³-hybridized carbons (Fsp3) is 0.441. The van der Waals surface area contributed by atoms with E-state index in [4.69, 9.17) is 14.8 Å². The second-order valence-corrected chi connectivity index (χ2v) is 12.2. The highest BCUT2D eigenvalue weighted by molar-refractivity contribution is 5.97. The molecule has 1 aliphatic carbocycles. The van der Waals surface area contributed by atoms with Gasteiger partial charge in [0.05, 0.1) is 11.2 Å². The lowest BCUT2D eigenvalue weighted by atomic mass is 9.98. The van der Waals surface area contributed by atoms with E-state index >= 15 is 0 Å². The molecule has 1 aliphatic heterocycles. The van der Waals surface area contributed by atoms with E-state index < -0.39 is 0 Å². The van der Waals surface area contributed by atoms with Crippen molar-refractivity contribution < 1.29 is 4.74 Å². The van der Waals surface area contributed by atoms with Gasteiger partial charge in [-0.2, -0.15) is 10.2 Å². The average Bonchev–Trinajstić information content (AvgIpc) is 3.76. The number of aromatic amines is 2. The molecule has 1 saturated carbocycles. The van der Waals surface area contributed by atoms with Crippen molar-refractivity contribution in [3.63, 3.8) is 0 Å². The van der Waals surface area contributed by atoms with Crippen molar-refractivity contribution in [2.24, 2.45) is 5.92 Å². The summed E-state index contributed by atoms with van der Waals surface area (Å²) in [6.07, 6.45) is 10.2. The van der Waals surface area contributed by atoms with Crippen molar-refractivity contribution in [1.82, 2.24) is 30.3 Å². The predicted octanol–water partition coefficient (Wildman–Crippen LogP) is 7.54. The summed E-state index contributed by atoms with van der Waals surface area (Å²) in [5, 5.41) is 19.0. The van der Waals surface area contributed by atoms with Crippen LogP contribution in [-0.4, -0.2) is 55.5 Å². The normalized spacial score (nSPS) is 20.3. The summed E-state index contributed by atoms with van der Waals surface area (Å²) in [5.74, 6) is 3.41. The number of benzene rings is 3. The minimum absolute atomic E-state index is 0.640. The van der Waals surface area contributed by atoms with Gasteiger partial charge in [0.15, 0.2) is 5.82 Å². The first-order chi connectivity index (χ1) is 20.1. The second kappa shape index (κ2) is 11.3. The molecule has 0 amide bonds. The Hall–Kier alpha value is -3.71. The van der Waals surface area contributed by atoms with Gasteiger partial charge in [-0.15, -0.1) is 0 Å². The molecule has 7 rings (SSSR count). The summed E-state index contributed by atoms with van der Waals surface area (Å²) in [6.45, 7) is 6.37. The van der Waals surface area contributed by atoms with Gasteiger partial charge in [0.2, 0.25) is 0 Å². The smallest absolute Gasteiger partial charge is 0.181 e. The van der Waals surface area contributed by atoms with E-state index in [2.05, 4.69) is 88.6 Å². The molecule has 3 aromatic carbocycles. The number of ether oxygens (including phenoxy) is 1. The summed E-state index contributed by atoms with van der Waals surface area (Å²) in [7, 11) is 0. The van der Waals surface area contributed by atoms with Crippen LogP contribution in [-0.2, 0) is 6.42 Å². The largest absolute Gasteiger partial charge is 0.492 e. The van der Waals surface area contributed by atoms with E-state index in [0.29, 0.717) is 18.7 Å². The molecular formula is C34H40N6O. The Balaban J connectivity index is 1.08. The van der Waals surface area contributed by atoms with E-state index in [1.165, 1.54) is 55.7 Å². The van der Waals surface area contributed by atoms with Crippen LogP contribution in [0.4, 0.5) is 0 Å². The minimum Gasteiger partial charge on any atom is -0.492 e. The molecule has 1 saturated heterocycles. The van der Waals surface area contributed by atoms with Crippen LogP contribution < -0.4 is 4.74 Å². The molecule has 41 heavy (non-hydrogen) atoms. The fourth-order valence-electron chi connectivity index (χ4n) is 7.02. The summed E-state index contributed by atoms with van der Waals surface area (Å²) in [5.41, 5.74) is 4.03. The van der Waals surface area contributed by atoms with Crippen molar-refractivity contribution in [3.05, 3.63) is 60.4 Å². The van der Waals surface area contributed by atoms with Gasteiger partial charge < -0.3 is 4.74 Å². The Morgan fingerprint density at radius 3 is 2.44 bits per heavy atom.